The van der Waals surface area contributed by atoms with Crippen molar-refractivity contribution in [1.29, 1.82) is 0 Å². The van der Waals surface area contributed by atoms with Gasteiger partial charge in [-0.3, -0.25) is 4.99 Å². The van der Waals surface area contributed by atoms with Crippen molar-refractivity contribution in [2.75, 3.05) is 13.6 Å². The summed E-state index contributed by atoms with van der Waals surface area (Å²) in [7, 11) is 1.91. The first kappa shape index (κ1) is 14.1. The quantitative estimate of drug-likeness (QED) is 0.614. The van der Waals surface area contributed by atoms with Gasteiger partial charge in [-0.1, -0.05) is 11.8 Å². The lowest BCUT2D eigenvalue weighted by atomic mass is 9.95. The van der Waals surface area contributed by atoms with Crippen molar-refractivity contribution >= 4 is 16.9 Å². The minimum absolute atomic E-state index is 0.341. The Morgan fingerprint density at radius 2 is 2.11 bits per heavy atom. The molecule has 2 heterocycles. The van der Waals surface area contributed by atoms with Crippen molar-refractivity contribution in [3.8, 4) is 0 Å². The monoisotopic (exact) mass is 276 g/mol. The molecule has 0 bridgehead atoms. The number of rotatable bonds is 2. The number of aliphatic hydroxyl groups is 3. The van der Waals surface area contributed by atoms with Gasteiger partial charge in [0.15, 0.2) is 5.17 Å². The number of aliphatic imine (C=N–C) groups is 1. The van der Waals surface area contributed by atoms with Crippen LogP contribution < -0.4 is 0 Å². The lowest BCUT2D eigenvalue weighted by molar-refractivity contribution is -0.181. The van der Waals surface area contributed by atoms with Crippen LogP contribution in [0, 0.1) is 0 Å². The summed E-state index contributed by atoms with van der Waals surface area (Å²) in [6.07, 6.45) is -3.71. The van der Waals surface area contributed by atoms with Crippen LogP contribution in [0.1, 0.15) is 13.8 Å². The summed E-state index contributed by atoms with van der Waals surface area (Å²) >= 11 is 1.43. The second kappa shape index (κ2) is 5.34. The zero-order valence-electron chi connectivity index (χ0n) is 10.7. The third-order valence-corrected chi connectivity index (χ3v) is 4.61. The molecule has 1 fully saturated rings. The van der Waals surface area contributed by atoms with Gasteiger partial charge in [-0.25, -0.2) is 0 Å². The molecule has 3 N–H and O–H groups in total. The maximum Gasteiger partial charge on any atom is 0.162 e. The van der Waals surface area contributed by atoms with Gasteiger partial charge in [0.2, 0.25) is 0 Å². The maximum absolute atomic E-state index is 10.1. The average molecular weight is 276 g/mol. The topological polar surface area (TPSA) is 85.5 Å². The van der Waals surface area contributed by atoms with E-state index in [-0.39, 0.29) is 5.44 Å². The number of fused-ring (bicyclic) bond motifs is 1. The van der Waals surface area contributed by atoms with Crippen molar-refractivity contribution in [3.05, 3.63) is 0 Å². The van der Waals surface area contributed by atoms with Gasteiger partial charge < -0.3 is 25.0 Å². The van der Waals surface area contributed by atoms with Crippen LogP contribution in [-0.4, -0.2) is 74.9 Å². The molecule has 0 amide bonds. The van der Waals surface area contributed by atoms with Crippen molar-refractivity contribution in [2.24, 2.45) is 4.99 Å². The summed E-state index contributed by atoms with van der Waals surface area (Å²) in [5, 5.41) is 30.3. The van der Waals surface area contributed by atoms with E-state index in [0.29, 0.717) is 0 Å². The van der Waals surface area contributed by atoms with E-state index in [9.17, 15) is 15.3 Å². The lowest BCUT2D eigenvalue weighted by Gasteiger charge is -2.39. The second-order valence-corrected chi connectivity index (χ2v) is 5.79. The molecule has 0 spiro atoms. The van der Waals surface area contributed by atoms with Gasteiger partial charge in [0.1, 0.15) is 29.8 Å². The number of hydrogen-bond acceptors (Lipinski definition) is 7. The standard InChI is InChI=1S/C11H20N2O4S/c1-4-13(3)11-12-6-7(15)8(16)9(5(2)14)17-10(6)18-11/h5-10,14-16H,4H2,1-3H3/t5-,6+,7+,8-,9+,10?/m0/s1. The summed E-state index contributed by atoms with van der Waals surface area (Å²) < 4.78 is 5.64. The van der Waals surface area contributed by atoms with E-state index in [1.54, 1.807) is 6.92 Å². The first-order valence-electron chi connectivity index (χ1n) is 6.11. The van der Waals surface area contributed by atoms with Gasteiger partial charge in [-0.05, 0) is 13.8 Å². The number of hydrogen-bond donors (Lipinski definition) is 3. The fourth-order valence-electron chi connectivity index (χ4n) is 2.09. The third-order valence-electron chi connectivity index (χ3n) is 3.36. The summed E-state index contributed by atoms with van der Waals surface area (Å²) in [4.78, 5) is 6.36. The molecular formula is C11H20N2O4S. The predicted octanol–water partition coefficient (Wildman–Crippen LogP) is -0.763. The average Bonchev–Trinajstić information content (AvgIpc) is 2.76. The minimum Gasteiger partial charge on any atom is -0.391 e. The molecule has 0 aromatic rings. The number of amidine groups is 1. The van der Waals surface area contributed by atoms with Crippen LogP contribution in [0.5, 0.6) is 0 Å². The molecule has 0 radical (unpaired) electrons. The first-order chi connectivity index (χ1) is 8.45. The Hall–Kier alpha value is -0.340. The molecule has 0 aromatic heterocycles. The number of ether oxygens (including phenoxy) is 1. The molecule has 6 atom stereocenters. The van der Waals surface area contributed by atoms with Gasteiger partial charge in [0, 0.05) is 13.6 Å². The Morgan fingerprint density at radius 1 is 1.44 bits per heavy atom. The van der Waals surface area contributed by atoms with Crippen molar-refractivity contribution in [2.45, 2.75) is 49.7 Å². The van der Waals surface area contributed by atoms with E-state index in [2.05, 4.69) is 4.99 Å². The zero-order chi connectivity index (χ0) is 13.4. The van der Waals surface area contributed by atoms with Gasteiger partial charge in [0.25, 0.3) is 0 Å². The number of nitrogens with zero attached hydrogens (tertiary/aromatic N) is 2. The summed E-state index contributed by atoms with van der Waals surface area (Å²) in [6, 6.07) is -0.469. The molecule has 0 aromatic carbocycles. The first-order valence-corrected chi connectivity index (χ1v) is 6.99. The molecular weight excluding hydrogens is 256 g/mol. The molecule has 104 valence electrons. The highest BCUT2D eigenvalue weighted by molar-refractivity contribution is 8.14. The highest BCUT2D eigenvalue weighted by atomic mass is 32.2. The van der Waals surface area contributed by atoms with Crippen LogP contribution in [-0.2, 0) is 4.74 Å². The number of thioether (sulfide) groups is 1. The Kier molecular flexibility index (Phi) is 4.18. The fraction of sp³-hybridized carbons (Fsp3) is 0.909. The Morgan fingerprint density at radius 3 is 2.67 bits per heavy atom. The van der Waals surface area contributed by atoms with Crippen molar-refractivity contribution in [3.63, 3.8) is 0 Å². The Labute approximate surface area is 111 Å². The van der Waals surface area contributed by atoms with E-state index in [4.69, 9.17) is 4.74 Å². The minimum atomic E-state index is -1.11. The van der Waals surface area contributed by atoms with Crippen LogP contribution in [0.15, 0.2) is 4.99 Å². The van der Waals surface area contributed by atoms with Crippen LogP contribution in [0.2, 0.25) is 0 Å². The molecule has 18 heavy (non-hydrogen) atoms. The van der Waals surface area contributed by atoms with Crippen LogP contribution in [0.4, 0.5) is 0 Å². The normalized spacial score (nSPS) is 41.2. The molecule has 1 saturated heterocycles. The fourth-order valence-corrected chi connectivity index (χ4v) is 3.34. The SMILES string of the molecule is CCN(C)C1=N[C@H]2C(O[C@H]([C@H](C)O)[C@@H](O)[C@@H]2O)S1. The van der Waals surface area contributed by atoms with Crippen molar-refractivity contribution < 1.29 is 20.1 Å². The maximum atomic E-state index is 10.1. The Balaban J connectivity index is 2.13. The molecule has 2 rings (SSSR count). The number of aliphatic hydroxyl groups excluding tert-OH is 3. The molecule has 0 aliphatic carbocycles. The predicted molar refractivity (Wildman–Crippen MR) is 69.5 cm³/mol. The third kappa shape index (κ3) is 2.37. The van der Waals surface area contributed by atoms with E-state index in [1.165, 1.54) is 11.8 Å². The summed E-state index contributed by atoms with van der Waals surface area (Å²) in [5.74, 6) is 0. The van der Waals surface area contributed by atoms with Crippen LogP contribution >= 0.6 is 11.8 Å². The zero-order valence-corrected chi connectivity index (χ0v) is 11.5. The van der Waals surface area contributed by atoms with Gasteiger partial charge in [-0.15, -0.1) is 0 Å². The van der Waals surface area contributed by atoms with E-state index in [1.807, 2.05) is 18.9 Å². The van der Waals surface area contributed by atoms with Gasteiger partial charge in [-0.2, -0.15) is 0 Å². The molecule has 2 aliphatic heterocycles. The van der Waals surface area contributed by atoms with E-state index >= 15 is 0 Å². The molecule has 6 nitrogen and oxygen atoms in total. The van der Waals surface area contributed by atoms with Crippen LogP contribution in [0.25, 0.3) is 0 Å². The largest absolute Gasteiger partial charge is 0.391 e. The summed E-state index contributed by atoms with van der Waals surface area (Å²) in [6.45, 7) is 4.36. The van der Waals surface area contributed by atoms with E-state index in [0.717, 1.165) is 11.7 Å². The lowest BCUT2D eigenvalue weighted by Crippen LogP contribution is -2.57. The van der Waals surface area contributed by atoms with Crippen molar-refractivity contribution in [1.82, 2.24) is 4.90 Å². The smallest absolute Gasteiger partial charge is 0.162 e. The van der Waals surface area contributed by atoms with Crippen LogP contribution in [0.3, 0.4) is 0 Å². The highest BCUT2D eigenvalue weighted by Crippen LogP contribution is 2.37. The van der Waals surface area contributed by atoms with Gasteiger partial charge in [0.05, 0.1) is 6.10 Å². The second-order valence-electron chi connectivity index (χ2n) is 4.73. The van der Waals surface area contributed by atoms with E-state index < -0.39 is 30.5 Å². The van der Waals surface area contributed by atoms with Gasteiger partial charge >= 0.3 is 0 Å². The summed E-state index contributed by atoms with van der Waals surface area (Å²) in [5.41, 5.74) is -0.341. The Bertz CT molecular complexity index is 339. The molecule has 2 aliphatic rings. The highest BCUT2D eigenvalue weighted by Gasteiger charge is 2.49. The molecule has 1 unspecified atom stereocenters. The molecule has 0 saturated carbocycles. The molecule has 7 heteroatoms.